The predicted molar refractivity (Wildman–Crippen MR) is 29.9 cm³/mol. The van der Waals surface area contributed by atoms with Crippen molar-refractivity contribution in [2.24, 2.45) is 0 Å². The van der Waals surface area contributed by atoms with Crippen LogP contribution < -0.4 is 0 Å². The van der Waals surface area contributed by atoms with Crippen molar-refractivity contribution in [3.8, 4) is 0 Å². The molecule has 0 bridgehead atoms. The molecule has 0 aromatic carbocycles. The van der Waals surface area contributed by atoms with Crippen LogP contribution >= 0.6 is 0 Å². The third-order valence-electron chi connectivity index (χ3n) is 0. The molecule has 0 aliphatic heterocycles. The van der Waals surface area contributed by atoms with Gasteiger partial charge in [-0.3, -0.25) is 0 Å². The first-order valence-corrected chi connectivity index (χ1v) is 1.30. The Hall–Kier alpha value is 0.111. The van der Waals surface area contributed by atoms with Crippen molar-refractivity contribution in [1.82, 2.24) is 0 Å². The van der Waals surface area contributed by atoms with Gasteiger partial charge in [0.25, 0.3) is 0 Å². The number of carboxylic acid groups (broad SMARTS) is 4. The molecule has 4 N–H and O–H groups in total. The van der Waals surface area contributed by atoms with Gasteiger partial charge in [0.15, 0.2) is 0 Å². The summed E-state index contributed by atoms with van der Waals surface area (Å²) < 4.78 is 0. The Bertz CT molecular complexity index is 69.1. The van der Waals surface area contributed by atoms with Gasteiger partial charge in [0.2, 0.25) is 0 Å². The molecule has 0 unspecified atom stereocenters. The number of carbonyl (C=O) groups is 2. The summed E-state index contributed by atoms with van der Waals surface area (Å²) in [6, 6.07) is 0. The van der Waals surface area contributed by atoms with E-state index in [4.69, 9.17) is 30.0 Å². The molecule has 0 amide bonds. The second-order valence-electron chi connectivity index (χ2n) is 0.565. The zero-order valence-electron chi connectivity index (χ0n) is 3.61. The van der Waals surface area contributed by atoms with Gasteiger partial charge in [-0.2, -0.15) is 0 Å². The molecule has 0 aliphatic carbocycles. The van der Waals surface area contributed by atoms with Crippen molar-refractivity contribution in [3.05, 3.63) is 0 Å². The van der Waals surface area contributed by atoms with Crippen LogP contribution in [0.2, 0.25) is 0 Å². The third kappa shape index (κ3) is 24400. The summed E-state index contributed by atoms with van der Waals surface area (Å²) in [6.07, 6.45) is -3.67. The molecule has 6 nitrogen and oxygen atoms in total. The Morgan fingerprint density at radius 1 is 0.778 bits per heavy atom. The van der Waals surface area contributed by atoms with Gasteiger partial charge >= 0.3 is 61.2 Å². The van der Waals surface area contributed by atoms with Crippen LogP contribution in [-0.2, 0) is 0 Å². The molecule has 0 saturated heterocycles. The van der Waals surface area contributed by atoms with Crippen LogP contribution in [0.1, 0.15) is 0 Å². The van der Waals surface area contributed by atoms with Gasteiger partial charge in [0.1, 0.15) is 0 Å². The first kappa shape index (κ1) is 16.1. The van der Waals surface area contributed by atoms with Gasteiger partial charge in [-0.05, 0) is 0 Å². The van der Waals surface area contributed by atoms with E-state index < -0.39 is 12.3 Å². The summed E-state index contributed by atoms with van der Waals surface area (Å²) in [4.78, 5) is 17.1. The second-order valence-corrected chi connectivity index (χ2v) is 0.565. The zero-order chi connectivity index (χ0) is 7.15. The molecule has 0 atom stereocenters. The van der Waals surface area contributed by atoms with Gasteiger partial charge < -0.3 is 20.4 Å². The average Bonchev–Trinajstić information content (AvgIpc) is 1.25. The topological polar surface area (TPSA) is 115 Å². The monoisotopic (exact) mass is 264 g/mol. The summed E-state index contributed by atoms with van der Waals surface area (Å²) >= 11 is 0. The fourth-order valence-corrected chi connectivity index (χ4v) is 0. The van der Waals surface area contributed by atoms with Crippen LogP contribution in [0, 0.1) is 0 Å². The van der Waals surface area contributed by atoms with Crippen molar-refractivity contribution in [2.45, 2.75) is 0 Å². The van der Waals surface area contributed by atoms with E-state index in [1.54, 1.807) is 0 Å². The molecule has 7 heteroatoms. The maximum atomic E-state index is 8.56. The van der Waals surface area contributed by atoms with E-state index in [9.17, 15) is 0 Å². The Labute approximate surface area is 90.2 Å². The SMILES string of the molecule is O=C(O)O.O=C(O)O.[BaH2]. The number of hydrogen-bond acceptors (Lipinski definition) is 2. The summed E-state index contributed by atoms with van der Waals surface area (Å²) in [6.45, 7) is 0. The standard InChI is InChI=1S/2CH2O3.Ba.2H/c2*2-1(3)4;;;/h2*(H2,2,3,4);;;. The zero-order valence-corrected chi connectivity index (χ0v) is 3.61. The maximum absolute atomic E-state index is 8.56. The molecule has 0 spiro atoms. The molecule has 0 aromatic rings. The van der Waals surface area contributed by atoms with Crippen LogP contribution in [0.4, 0.5) is 9.59 Å². The van der Waals surface area contributed by atoms with E-state index in [0.29, 0.717) is 0 Å². The molecule has 9 heavy (non-hydrogen) atoms. The van der Waals surface area contributed by atoms with Crippen molar-refractivity contribution < 1.29 is 30.0 Å². The van der Waals surface area contributed by atoms with Crippen LogP contribution in [0.25, 0.3) is 0 Å². The quantitative estimate of drug-likeness (QED) is 0.439. The molecule has 0 aliphatic rings. The van der Waals surface area contributed by atoms with Crippen LogP contribution in [-0.4, -0.2) is 81.6 Å². The van der Waals surface area contributed by atoms with E-state index in [-0.39, 0.29) is 48.9 Å². The summed E-state index contributed by atoms with van der Waals surface area (Å²) in [7, 11) is 0. The first-order valence-electron chi connectivity index (χ1n) is 1.30. The van der Waals surface area contributed by atoms with Crippen LogP contribution in [0.3, 0.4) is 0 Å². The number of rotatable bonds is 0. The number of hydrogen-bond donors (Lipinski definition) is 4. The fraction of sp³-hybridized carbons (Fsp3) is 0. The molecule has 0 rings (SSSR count). The van der Waals surface area contributed by atoms with Gasteiger partial charge in [-0.15, -0.1) is 0 Å². The molecule has 0 heterocycles. The van der Waals surface area contributed by atoms with E-state index in [0.717, 1.165) is 0 Å². The Morgan fingerprint density at radius 2 is 0.778 bits per heavy atom. The Morgan fingerprint density at radius 3 is 0.778 bits per heavy atom. The third-order valence-corrected chi connectivity index (χ3v) is 0. The van der Waals surface area contributed by atoms with Crippen LogP contribution in [0.5, 0.6) is 0 Å². The van der Waals surface area contributed by atoms with E-state index in [2.05, 4.69) is 0 Å². The molecule has 0 fully saturated rings. The van der Waals surface area contributed by atoms with Gasteiger partial charge in [-0.25, -0.2) is 9.59 Å². The molecule has 52 valence electrons. The van der Waals surface area contributed by atoms with Gasteiger partial charge in [0, 0.05) is 0 Å². The van der Waals surface area contributed by atoms with Crippen molar-refractivity contribution in [3.63, 3.8) is 0 Å². The van der Waals surface area contributed by atoms with Crippen LogP contribution in [0.15, 0.2) is 0 Å². The van der Waals surface area contributed by atoms with E-state index in [1.807, 2.05) is 0 Å². The fourth-order valence-electron chi connectivity index (χ4n) is 0. The van der Waals surface area contributed by atoms with E-state index >= 15 is 0 Å². The second kappa shape index (κ2) is 11.0. The summed E-state index contributed by atoms with van der Waals surface area (Å²) in [5.74, 6) is 0. The minimum atomic E-state index is -1.83. The van der Waals surface area contributed by atoms with E-state index in [1.165, 1.54) is 0 Å². The Kier molecular flexibility index (Phi) is 19.6. The molecule has 0 radical (unpaired) electrons. The van der Waals surface area contributed by atoms with Crippen molar-refractivity contribution in [1.29, 1.82) is 0 Å². The van der Waals surface area contributed by atoms with Gasteiger partial charge in [0.05, 0.1) is 0 Å². The average molecular weight is 263 g/mol. The normalized spacial score (nSPS) is 5.33. The first-order chi connectivity index (χ1) is 3.46. The van der Waals surface area contributed by atoms with Gasteiger partial charge in [-0.1, -0.05) is 0 Å². The molecular formula is C2H6BaO6. The molecule has 0 saturated carbocycles. The van der Waals surface area contributed by atoms with Crippen molar-refractivity contribution >= 4 is 61.2 Å². The summed E-state index contributed by atoms with van der Waals surface area (Å²) in [5, 5.41) is 27.9. The summed E-state index contributed by atoms with van der Waals surface area (Å²) in [5.41, 5.74) is 0. The Balaban J connectivity index is -0.0000000720. The minimum absolute atomic E-state index is 0. The van der Waals surface area contributed by atoms with Crippen molar-refractivity contribution in [2.75, 3.05) is 0 Å². The molecule has 0 aromatic heterocycles. The molecular weight excluding hydrogens is 257 g/mol. The predicted octanol–water partition coefficient (Wildman–Crippen LogP) is -0.471.